The van der Waals surface area contributed by atoms with Gasteiger partial charge >= 0.3 is 0 Å². The third kappa shape index (κ3) is 2.10. The number of nitrogens with one attached hydrogen (secondary N) is 1. The van der Waals surface area contributed by atoms with E-state index >= 15 is 0 Å². The topological polar surface area (TPSA) is 38.0 Å². The Hall–Kier alpha value is -0.380. The smallest absolute Gasteiger partial charge is 0.0213 e. The van der Waals surface area contributed by atoms with Crippen LogP contribution in [0, 0.1) is 0 Å². The lowest BCUT2D eigenvalue weighted by atomic mass is 9.73. The summed E-state index contributed by atoms with van der Waals surface area (Å²) in [6.07, 6.45) is 2.26. The van der Waals surface area contributed by atoms with E-state index in [9.17, 15) is 0 Å². The monoisotopic (exact) mass is 268 g/mol. The van der Waals surface area contributed by atoms with E-state index in [1.165, 1.54) is 10.0 Å². The van der Waals surface area contributed by atoms with E-state index in [-0.39, 0.29) is 5.41 Å². The van der Waals surface area contributed by atoms with E-state index in [4.69, 9.17) is 5.73 Å². The second-order valence-electron chi connectivity index (χ2n) is 4.21. The number of nitrogens with two attached hydrogens (primary N) is 1. The van der Waals surface area contributed by atoms with Crippen LogP contribution in [-0.2, 0) is 5.41 Å². The summed E-state index contributed by atoms with van der Waals surface area (Å²) in [4.78, 5) is 0. The van der Waals surface area contributed by atoms with Gasteiger partial charge in [0.1, 0.15) is 0 Å². The summed E-state index contributed by atoms with van der Waals surface area (Å²) in [5.74, 6) is 0. The molecule has 0 amide bonds. The molecule has 0 bridgehead atoms. The van der Waals surface area contributed by atoms with Crippen LogP contribution >= 0.6 is 15.9 Å². The summed E-state index contributed by atoms with van der Waals surface area (Å²) in [5.41, 5.74) is 7.53. The maximum Gasteiger partial charge on any atom is 0.0213 e. The second kappa shape index (κ2) is 4.64. The van der Waals surface area contributed by atoms with Crippen molar-refractivity contribution in [2.45, 2.75) is 18.3 Å². The molecule has 1 fully saturated rings. The Balaban J connectivity index is 2.36. The molecule has 1 aliphatic heterocycles. The Labute approximate surface area is 99.4 Å². The first-order chi connectivity index (χ1) is 7.28. The lowest BCUT2D eigenvalue weighted by molar-refractivity contribution is 0.314. The Bertz CT molecular complexity index is 332. The van der Waals surface area contributed by atoms with Gasteiger partial charge in [0.25, 0.3) is 0 Å². The molecule has 3 N–H and O–H groups in total. The zero-order chi connectivity index (χ0) is 10.7. The van der Waals surface area contributed by atoms with Gasteiger partial charge in [-0.15, -0.1) is 0 Å². The molecule has 0 saturated carbocycles. The molecule has 0 radical (unpaired) electrons. The van der Waals surface area contributed by atoms with Crippen molar-refractivity contribution in [3.8, 4) is 0 Å². The van der Waals surface area contributed by atoms with Crippen LogP contribution in [0.1, 0.15) is 18.4 Å². The van der Waals surface area contributed by atoms with Crippen LogP contribution in [-0.4, -0.2) is 19.6 Å². The molecule has 0 unspecified atom stereocenters. The molecule has 0 atom stereocenters. The fourth-order valence-corrected chi connectivity index (χ4v) is 3.09. The van der Waals surface area contributed by atoms with Crippen LogP contribution in [0.3, 0.4) is 0 Å². The van der Waals surface area contributed by atoms with Gasteiger partial charge in [-0.25, -0.2) is 0 Å². The SMILES string of the molecule is NCC1(c2ccccc2Br)CCNCC1. The van der Waals surface area contributed by atoms with Crippen LogP contribution in [0.4, 0.5) is 0 Å². The minimum absolute atomic E-state index is 0.172. The van der Waals surface area contributed by atoms with E-state index in [2.05, 4.69) is 45.5 Å². The number of hydrogen-bond donors (Lipinski definition) is 2. The Kier molecular flexibility index (Phi) is 3.44. The largest absolute Gasteiger partial charge is 0.330 e. The van der Waals surface area contributed by atoms with Crippen molar-refractivity contribution in [2.24, 2.45) is 5.73 Å². The second-order valence-corrected chi connectivity index (χ2v) is 5.07. The standard InChI is InChI=1S/C12H17BrN2/c13-11-4-2-1-3-10(11)12(9-14)5-7-15-8-6-12/h1-4,15H,5-9,14H2. The van der Waals surface area contributed by atoms with E-state index in [0.29, 0.717) is 0 Å². The molecule has 1 heterocycles. The molecular weight excluding hydrogens is 252 g/mol. The van der Waals surface area contributed by atoms with Crippen LogP contribution in [0.15, 0.2) is 28.7 Å². The summed E-state index contributed by atoms with van der Waals surface area (Å²) in [6, 6.07) is 8.45. The summed E-state index contributed by atoms with van der Waals surface area (Å²) < 4.78 is 1.19. The summed E-state index contributed by atoms with van der Waals surface area (Å²) in [5, 5.41) is 3.39. The quantitative estimate of drug-likeness (QED) is 0.862. The van der Waals surface area contributed by atoms with Gasteiger partial charge in [-0.3, -0.25) is 0 Å². The van der Waals surface area contributed by atoms with Crippen LogP contribution < -0.4 is 11.1 Å². The highest BCUT2D eigenvalue weighted by molar-refractivity contribution is 9.10. The molecule has 0 aromatic heterocycles. The zero-order valence-electron chi connectivity index (χ0n) is 8.80. The van der Waals surface area contributed by atoms with Gasteiger partial charge in [0, 0.05) is 16.4 Å². The van der Waals surface area contributed by atoms with E-state index in [1.54, 1.807) is 0 Å². The molecule has 2 nitrogen and oxygen atoms in total. The molecule has 1 aromatic rings. The van der Waals surface area contributed by atoms with Crippen molar-refractivity contribution in [3.63, 3.8) is 0 Å². The maximum absolute atomic E-state index is 5.99. The van der Waals surface area contributed by atoms with Gasteiger partial charge in [0.05, 0.1) is 0 Å². The molecular formula is C12H17BrN2. The van der Waals surface area contributed by atoms with Crippen molar-refractivity contribution in [2.75, 3.05) is 19.6 Å². The van der Waals surface area contributed by atoms with Gasteiger partial charge in [-0.05, 0) is 37.6 Å². The molecule has 0 aliphatic carbocycles. The lowest BCUT2D eigenvalue weighted by Crippen LogP contribution is -2.45. The first-order valence-corrected chi connectivity index (χ1v) is 6.24. The molecule has 1 saturated heterocycles. The van der Waals surface area contributed by atoms with Gasteiger partial charge < -0.3 is 11.1 Å². The minimum atomic E-state index is 0.172. The Morgan fingerprint density at radius 2 is 1.93 bits per heavy atom. The van der Waals surface area contributed by atoms with E-state index < -0.39 is 0 Å². The number of benzene rings is 1. The highest BCUT2D eigenvalue weighted by Gasteiger charge is 2.33. The molecule has 15 heavy (non-hydrogen) atoms. The lowest BCUT2D eigenvalue weighted by Gasteiger charge is -2.37. The highest BCUT2D eigenvalue weighted by atomic mass is 79.9. The average Bonchev–Trinajstić information content (AvgIpc) is 2.30. The average molecular weight is 269 g/mol. The highest BCUT2D eigenvalue weighted by Crippen LogP contribution is 2.36. The van der Waals surface area contributed by atoms with Crippen molar-refractivity contribution < 1.29 is 0 Å². The van der Waals surface area contributed by atoms with E-state index in [1.807, 2.05) is 0 Å². The first-order valence-electron chi connectivity index (χ1n) is 5.44. The van der Waals surface area contributed by atoms with Gasteiger partial charge in [-0.2, -0.15) is 0 Å². The third-order valence-corrected chi connectivity index (χ3v) is 4.09. The molecule has 1 aromatic carbocycles. The van der Waals surface area contributed by atoms with Crippen molar-refractivity contribution >= 4 is 15.9 Å². The molecule has 3 heteroatoms. The van der Waals surface area contributed by atoms with Crippen LogP contribution in [0.2, 0.25) is 0 Å². The minimum Gasteiger partial charge on any atom is -0.330 e. The van der Waals surface area contributed by atoms with Crippen molar-refractivity contribution in [1.82, 2.24) is 5.32 Å². The van der Waals surface area contributed by atoms with E-state index in [0.717, 1.165) is 32.5 Å². The van der Waals surface area contributed by atoms with Crippen LogP contribution in [0.5, 0.6) is 0 Å². The molecule has 82 valence electrons. The van der Waals surface area contributed by atoms with Crippen molar-refractivity contribution in [3.05, 3.63) is 34.3 Å². The first kappa shape index (κ1) is 11.1. The number of rotatable bonds is 2. The zero-order valence-corrected chi connectivity index (χ0v) is 10.4. The Morgan fingerprint density at radius 3 is 2.53 bits per heavy atom. The Morgan fingerprint density at radius 1 is 1.27 bits per heavy atom. The normalized spacial score (nSPS) is 20.1. The third-order valence-electron chi connectivity index (χ3n) is 3.40. The van der Waals surface area contributed by atoms with Crippen molar-refractivity contribution in [1.29, 1.82) is 0 Å². The fourth-order valence-electron chi connectivity index (χ4n) is 2.38. The maximum atomic E-state index is 5.99. The fraction of sp³-hybridized carbons (Fsp3) is 0.500. The summed E-state index contributed by atoms with van der Waals surface area (Å²) in [7, 11) is 0. The summed E-state index contributed by atoms with van der Waals surface area (Å²) in [6.45, 7) is 2.87. The molecule has 1 aliphatic rings. The predicted molar refractivity (Wildman–Crippen MR) is 67.0 cm³/mol. The summed E-state index contributed by atoms with van der Waals surface area (Å²) >= 11 is 3.63. The number of halogens is 1. The number of hydrogen-bond acceptors (Lipinski definition) is 2. The van der Waals surface area contributed by atoms with Gasteiger partial charge in [-0.1, -0.05) is 34.1 Å². The van der Waals surface area contributed by atoms with Gasteiger partial charge in [0.2, 0.25) is 0 Å². The molecule has 2 rings (SSSR count). The number of piperidine rings is 1. The molecule has 0 spiro atoms. The van der Waals surface area contributed by atoms with Gasteiger partial charge in [0.15, 0.2) is 0 Å². The predicted octanol–water partition coefficient (Wildman–Crippen LogP) is 2.03. The van der Waals surface area contributed by atoms with Crippen LogP contribution in [0.25, 0.3) is 0 Å².